The van der Waals surface area contributed by atoms with Crippen LogP contribution in [0, 0.1) is 34.5 Å². The first-order valence-electron chi connectivity index (χ1n) is 14.2. The molecular weight excluding hydrogens is 533 g/mol. The minimum atomic E-state index is -4.79. The molecule has 0 spiro atoms. The fourth-order valence-electron chi connectivity index (χ4n) is 5.50. The first kappa shape index (κ1) is 30.4. The van der Waals surface area contributed by atoms with Gasteiger partial charge in [0.15, 0.2) is 0 Å². The predicted octanol–water partition coefficient (Wildman–Crippen LogP) is 5.04. The predicted molar refractivity (Wildman–Crippen MR) is 149 cm³/mol. The molecule has 220 valence electrons. The third-order valence-electron chi connectivity index (χ3n) is 7.89. The molecule has 0 radical (unpaired) electrons. The van der Waals surface area contributed by atoms with Crippen LogP contribution in [0.5, 0.6) is 5.75 Å². The van der Waals surface area contributed by atoms with Crippen LogP contribution >= 0.6 is 0 Å². The largest absolute Gasteiger partial charge is 0.573 e. The number of hydrogen-bond donors (Lipinski definition) is 3. The lowest BCUT2D eigenvalue weighted by Gasteiger charge is -2.34. The summed E-state index contributed by atoms with van der Waals surface area (Å²) < 4.78 is 42.3. The van der Waals surface area contributed by atoms with Gasteiger partial charge in [0, 0.05) is 37.7 Å². The van der Waals surface area contributed by atoms with Crippen molar-refractivity contribution in [3.05, 3.63) is 41.6 Å². The summed E-state index contributed by atoms with van der Waals surface area (Å²) in [6.45, 7) is 4.80. The van der Waals surface area contributed by atoms with Crippen molar-refractivity contribution in [3.8, 4) is 17.9 Å². The molecular formula is C29H37F3N8O. The van der Waals surface area contributed by atoms with Crippen LogP contribution < -0.4 is 20.7 Å². The zero-order chi connectivity index (χ0) is 29.1. The standard InChI is InChI=1S/C29H37F3N8O/c30-29(31,32)41-26-5-2-1-4-23(26)19-37-28-38-20-24(16-34)27(39-28)36-18-21-6-8-25(9-7-21)35-17-22-10-14-40(15-11-22)13-3-12-33/h1-2,4-5,20-22,25,35H,3,6-11,13-15,17-19H2,(H2,36,37,38,39). The molecule has 0 amide bonds. The van der Waals surface area contributed by atoms with Crippen LogP contribution in [0.2, 0.25) is 0 Å². The number of benzene rings is 1. The SMILES string of the molecule is N#CCCN1CCC(CNC2CCC(CNc3nc(NCc4ccccc4OC(F)(F)F)ncc3C#N)CC2)CC1. The van der Waals surface area contributed by atoms with E-state index in [2.05, 4.69) is 47.7 Å². The zero-order valence-electron chi connectivity index (χ0n) is 23.1. The molecule has 1 aliphatic heterocycles. The summed E-state index contributed by atoms with van der Waals surface area (Å²) in [4.78, 5) is 10.9. The smallest absolute Gasteiger partial charge is 0.405 e. The Labute approximate surface area is 239 Å². The number of ether oxygens (including phenoxy) is 1. The number of piperidine rings is 1. The van der Waals surface area contributed by atoms with Gasteiger partial charge in [0.1, 0.15) is 23.2 Å². The molecule has 1 aromatic heterocycles. The van der Waals surface area contributed by atoms with E-state index >= 15 is 0 Å². The van der Waals surface area contributed by atoms with Crippen molar-refractivity contribution in [2.45, 2.75) is 63.9 Å². The maximum Gasteiger partial charge on any atom is 0.573 e. The van der Waals surface area contributed by atoms with E-state index in [0.717, 1.165) is 51.9 Å². The lowest BCUT2D eigenvalue weighted by atomic mass is 9.85. The Morgan fingerprint density at radius 2 is 1.71 bits per heavy atom. The maximum atomic E-state index is 12.7. The number of rotatable bonds is 12. The Balaban J connectivity index is 1.20. The minimum absolute atomic E-state index is 0.0227. The van der Waals surface area contributed by atoms with Crippen molar-refractivity contribution in [1.82, 2.24) is 20.2 Å². The van der Waals surface area contributed by atoms with Crippen molar-refractivity contribution >= 4 is 11.8 Å². The molecule has 2 aliphatic rings. The van der Waals surface area contributed by atoms with Gasteiger partial charge in [-0.1, -0.05) is 18.2 Å². The molecule has 0 unspecified atom stereocenters. The van der Waals surface area contributed by atoms with Gasteiger partial charge in [0.2, 0.25) is 5.95 Å². The normalized spacial score (nSPS) is 20.1. The van der Waals surface area contributed by atoms with Crippen LogP contribution in [-0.4, -0.2) is 60.0 Å². The van der Waals surface area contributed by atoms with Crippen LogP contribution in [-0.2, 0) is 6.54 Å². The average molecular weight is 571 g/mol. The van der Waals surface area contributed by atoms with E-state index in [1.165, 1.54) is 37.2 Å². The second kappa shape index (κ2) is 14.9. The average Bonchev–Trinajstić information content (AvgIpc) is 2.98. The molecule has 1 aliphatic carbocycles. The van der Waals surface area contributed by atoms with E-state index in [1.54, 1.807) is 6.07 Å². The second-order valence-electron chi connectivity index (χ2n) is 10.8. The van der Waals surface area contributed by atoms with Gasteiger partial charge in [0.25, 0.3) is 0 Å². The number of nitriles is 2. The Morgan fingerprint density at radius 1 is 0.976 bits per heavy atom. The van der Waals surface area contributed by atoms with Crippen molar-refractivity contribution in [2.24, 2.45) is 11.8 Å². The van der Waals surface area contributed by atoms with Gasteiger partial charge in [-0.2, -0.15) is 15.5 Å². The first-order chi connectivity index (χ1) is 19.8. The van der Waals surface area contributed by atoms with Crippen LogP contribution in [0.15, 0.2) is 30.5 Å². The number of likely N-dealkylation sites (tertiary alicyclic amines) is 1. The molecule has 9 nitrogen and oxygen atoms in total. The number of para-hydroxylation sites is 1. The highest BCUT2D eigenvalue weighted by atomic mass is 19.4. The molecule has 1 aromatic carbocycles. The van der Waals surface area contributed by atoms with Gasteiger partial charge >= 0.3 is 6.36 Å². The molecule has 3 N–H and O–H groups in total. The van der Waals surface area contributed by atoms with E-state index in [4.69, 9.17) is 5.26 Å². The van der Waals surface area contributed by atoms with E-state index < -0.39 is 6.36 Å². The zero-order valence-corrected chi connectivity index (χ0v) is 23.1. The Morgan fingerprint density at radius 3 is 2.41 bits per heavy atom. The van der Waals surface area contributed by atoms with Crippen molar-refractivity contribution in [2.75, 3.05) is 43.4 Å². The highest BCUT2D eigenvalue weighted by Crippen LogP contribution is 2.28. The lowest BCUT2D eigenvalue weighted by molar-refractivity contribution is -0.274. The number of anilines is 2. The number of hydrogen-bond acceptors (Lipinski definition) is 9. The van der Waals surface area contributed by atoms with Crippen molar-refractivity contribution in [1.29, 1.82) is 10.5 Å². The Hall–Kier alpha value is -3.61. The van der Waals surface area contributed by atoms with Crippen molar-refractivity contribution in [3.63, 3.8) is 0 Å². The van der Waals surface area contributed by atoms with Crippen molar-refractivity contribution < 1.29 is 17.9 Å². The van der Waals surface area contributed by atoms with Gasteiger partial charge in [-0.25, -0.2) is 4.98 Å². The number of aromatic nitrogens is 2. The molecule has 0 bridgehead atoms. The Bertz CT molecular complexity index is 1200. The highest BCUT2D eigenvalue weighted by Gasteiger charge is 2.32. The summed E-state index contributed by atoms with van der Waals surface area (Å²) in [5.74, 6) is 1.48. The van der Waals surface area contributed by atoms with Gasteiger partial charge in [0.05, 0.1) is 12.3 Å². The summed E-state index contributed by atoms with van der Waals surface area (Å²) in [7, 11) is 0. The topological polar surface area (TPSA) is 122 Å². The van der Waals surface area contributed by atoms with Gasteiger partial charge in [-0.3, -0.25) is 0 Å². The monoisotopic (exact) mass is 570 g/mol. The van der Waals surface area contributed by atoms with E-state index in [9.17, 15) is 18.4 Å². The third-order valence-corrected chi connectivity index (χ3v) is 7.89. The molecule has 41 heavy (non-hydrogen) atoms. The summed E-state index contributed by atoms with van der Waals surface area (Å²) in [5, 5.41) is 28.3. The highest BCUT2D eigenvalue weighted by molar-refractivity contribution is 5.53. The summed E-state index contributed by atoms with van der Waals surface area (Å²) in [5.41, 5.74) is 0.615. The Kier molecular flexibility index (Phi) is 11.0. The van der Waals surface area contributed by atoms with E-state index in [0.29, 0.717) is 47.8 Å². The molecule has 2 aromatic rings. The number of nitrogens with zero attached hydrogens (tertiary/aromatic N) is 5. The van der Waals surface area contributed by atoms with Gasteiger partial charge < -0.3 is 25.6 Å². The van der Waals surface area contributed by atoms with Crippen LogP contribution in [0.25, 0.3) is 0 Å². The summed E-state index contributed by atoms with van der Waals surface area (Å²) >= 11 is 0. The van der Waals surface area contributed by atoms with Crippen LogP contribution in [0.1, 0.15) is 56.1 Å². The summed E-state index contributed by atoms with van der Waals surface area (Å²) in [6, 6.07) is 10.7. The molecule has 12 heteroatoms. The lowest BCUT2D eigenvalue weighted by Crippen LogP contribution is -2.41. The molecule has 2 fully saturated rings. The number of halogens is 3. The molecule has 0 atom stereocenters. The van der Waals surface area contributed by atoms with Crippen LogP contribution in [0.3, 0.4) is 0 Å². The molecule has 1 saturated carbocycles. The van der Waals surface area contributed by atoms with E-state index in [1.807, 2.05) is 0 Å². The van der Waals surface area contributed by atoms with Gasteiger partial charge in [-0.05, 0) is 76.1 Å². The molecule has 4 rings (SSSR count). The number of alkyl halides is 3. The molecule has 2 heterocycles. The first-order valence-corrected chi connectivity index (χ1v) is 14.2. The van der Waals surface area contributed by atoms with Gasteiger partial charge in [-0.15, -0.1) is 13.2 Å². The quantitative estimate of drug-likeness (QED) is 0.322. The summed E-state index contributed by atoms with van der Waals surface area (Å²) in [6.07, 6.45) is 3.95. The maximum absolute atomic E-state index is 12.7. The van der Waals surface area contributed by atoms with E-state index in [-0.39, 0.29) is 18.2 Å². The minimum Gasteiger partial charge on any atom is -0.405 e. The third kappa shape index (κ3) is 9.76. The fourth-order valence-corrected chi connectivity index (χ4v) is 5.50. The fraction of sp³-hybridized carbons (Fsp3) is 0.586. The number of nitrogens with one attached hydrogen (secondary N) is 3. The second-order valence-corrected chi connectivity index (χ2v) is 10.8. The van der Waals surface area contributed by atoms with Crippen LogP contribution in [0.4, 0.5) is 24.9 Å². The molecule has 1 saturated heterocycles.